The van der Waals surface area contributed by atoms with Crippen molar-refractivity contribution in [3.63, 3.8) is 0 Å². The molecule has 15 heavy (non-hydrogen) atoms. The van der Waals surface area contributed by atoms with Gasteiger partial charge in [0.15, 0.2) is 0 Å². The molecule has 3 N–H and O–H groups in total. The first-order valence-corrected chi connectivity index (χ1v) is 5.13. The summed E-state index contributed by atoms with van der Waals surface area (Å²) in [6.07, 6.45) is 3.21. The van der Waals surface area contributed by atoms with Crippen LogP contribution in [-0.2, 0) is 0 Å². The Kier molecular flexibility index (Phi) is 2.64. The van der Waals surface area contributed by atoms with Crippen LogP contribution >= 0.6 is 27.5 Å². The minimum atomic E-state index is -0.468. The molecule has 0 unspecified atom stereocenters. The molecule has 0 aliphatic rings. The predicted molar refractivity (Wildman–Crippen MR) is 59.6 cm³/mol. The quantitative estimate of drug-likeness (QED) is 0.473. The van der Waals surface area contributed by atoms with Crippen molar-refractivity contribution in [1.82, 2.24) is 14.8 Å². The zero-order valence-electron chi connectivity index (χ0n) is 7.37. The summed E-state index contributed by atoms with van der Waals surface area (Å²) in [5.74, 6) is 4.75. The molecular weight excluding hydrogens is 283 g/mol. The smallest absolute Gasteiger partial charge is 0.293 e. The molecule has 0 fully saturated rings. The van der Waals surface area contributed by atoms with Crippen LogP contribution in [0.3, 0.4) is 0 Å². The van der Waals surface area contributed by atoms with E-state index in [0.29, 0.717) is 10.5 Å². The third-order valence-electron chi connectivity index (χ3n) is 1.89. The van der Waals surface area contributed by atoms with Crippen molar-refractivity contribution in [2.24, 2.45) is 5.84 Å². The van der Waals surface area contributed by atoms with Crippen LogP contribution in [0, 0.1) is 0 Å². The highest BCUT2D eigenvalue weighted by Crippen LogP contribution is 2.23. The van der Waals surface area contributed by atoms with Crippen molar-refractivity contribution < 1.29 is 4.79 Å². The molecule has 0 aliphatic carbocycles. The van der Waals surface area contributed by atoms with Gasteiger partial charge in [0.2, 0.25) is 5.82 Å². The van der Waals surface area contributed by atoms with Crippen molar-refractivity contribution in [3.05, 3.63) is 33.8 Å². The summed E-state index contributed by atoms with van der Waals surface area (Å²) in [6, 6.07) is 1.72. The SMILES string of the molecule is NNC(=O)c1ncc2c(Cl)cc(Br)cn12. The first-order chi connectivity index (χ1) is 7.13. The lowest BCUT2D eigenvalue weighted by Gasteiger charge is -2.01. The average molecular weight is 290 g/mol. The number of fused-ring (bicyclic) bond motifs is 1. The van der Waals surface area contributed by atoms with E-state index in [-0.39, 0.29) is 5.82 Å². The van der Waals surface area contributed by atoms with Crippen LogP contribution in [0.2, 0.25) is 5.02 Å². The predicted octanol–water partition coefficient (Wildman–Crippen LogP) is 1.35. The van der Waals surface area contributed by atoms with Crippen LogP contribution in [-0.4, -0.2) is 15.3 Å². The second-order valence-corrected chi connectivity index (χ2v) is 4.14. The Hall–Kier alpha value is -1.11. The third kappa shape index (κ3) is 1.71. The molecule has 0 saturated carbocycles. The number of pyridine rings is 1. The van der Waals surface area contributed by atoms with Crippen LogP contribution < -0.4 is 11.3 Å². The standard InChI is InChI=1S/C8H6BrClN4O/c9-4-1-5(10)6-2-12-7(8(15)13-11)14(6)3-4/h1-3H,11H2,(H,13,15). The topological polar surface area (TPSA) is 72.4 Å². The van der Waals surface area contributed by atoms with Crippen molar-refractivity contribution in [3.8, 4) is 0 Å². The van der Waals surface area contributed by atoms with E-state index < -0.39 is 5.91 Å². The molecular formula is C8H6BrClN4O. The number of carbonyl (C=O) groups is 1. The van der Waals surface area contributed by atoms with Crippen LogP contribution in [0.15, 0.2) is 22.9 Å². The monoisotopic (exact) mass is 288 g/mol. The van der Waals surface area contributed by atoms with Gasteiger partial charge in [-0.25, -0.2) is 10.8 Å². The number of amides is 1. The first kappa shape index (κ1) is 10.4. The molecule has 2 heterocycles. The molecule has 0 radical (unpaired) electrons. The maximum atomic E-state index is 11.3. The van der Waals surface area contributed by atoms with Crippen molar-refractivity contribution in [2.45, 2.75) is 0 Å². The van der Waals surface area contributed by atoms with E-state index in [1.54, 1.807) is 16.7 Å². The molecule has 0 spiro atoms. The Morgan fingerprint density at radius 3 is 3.07 bits per heavy atom. The van der Waals surface area contributed by atoms with E-state index >= 15 is 0 Å². The second-order valence-electron chi connectivity index (χ2n) is 2.82. The van der Waals surface area contributed by atoms with Gasteiger partial charge in [-0.15, -0.1) is 0 Å². The number of nitrogens with zero attached hydrogens (tertiary/aromatic N) is 2. The number of imidazole rings is 1. The molecule has 0 bridgehead atoms. The number of nitrogen functional groups attached to an aromatic ring is 1. The number of rotatable bonds is 1. The minimum absolute atomic E-state index is 0.190. The van der Waals surface area contributed by atoms with Crippen LogP contribution in [0.4, 0.5) is 0 Å². The zero-order valence-corrected chi connectivity index (χ0v) is 9.71. The summed E-state index contributed by atoms with van der Waals surface area (Å²) < 4.78 is 2.32. The van der Waals surface area contributed by atoms with Crippen molar-refractivity contribution >= 4 is 39.0 Å². The van der Waals surface area contributed by atoms with Gasteiger partial charge in [0.25, 0.3) is 0 Å². The van der Waals surface area contributed by atoms with E-state index in [1.165, 1.54) is 6.20 Å². The highest BCUT2D eigenvalue weighted by Gasteiger charge is 2.13. The number of hydrogen-bond acceptors (Lipinski definition) is 3. The molecule has 0 aliphatic heterocycles. The number of nitrogens with one attached hydrogen (secondary N) is 1. The van der Waals surface area contributed by atoms with Crippen LogP contribution in [0.1, 0.15) is 10.6 Å². The average Bonchev–Trinajstić information content (AvgIpc) is 2.60. The number of hydrogen-bond donors (Lipinski definition) is 2. The molecule has 0 saturated heterocycles. The molecule has 0 atom stereocenters. The number of hydrazine groups is 1. The summed E-state index contributed by atoms with van der Waals surface area (Å²) in [5, 5.41) is 0.507. The highest BCUT2D eigenvalue weighted by molar-refractivity contribution is 9.10. The lowest BCUT2D eigenvalue weighted by atomic mass is 10.4. The van der Waals surface area contributed by atoms with Crippen molar-refractivity contribution in [2.75, 3.05) is 0 Å². The fourth-order valence-corrected chi connectivity index (χ4v) is 2.08. The van der Waals surface area contributed by atoms with Gasteiger partial charge in [-0.2, -0.15) is 0 Å². The maximum absolute atomic E-state index is 11.3. The van der Waals surface area contributed by atoms with E-state index in [0.717, 1.165) is 4.47 Å². The molecule has 78 valence electrons. The van der Waals surface area contributed by atoms with Crippen molar-refractivity contribution in [1.29, 1.82) is 0 Å². The summed E-state index contributed by atoms with van der Waals surface area (Å²) in [5.41, 5.74) is 2.67. The Balaban J connectivity index is 2.74. The molecule has 0 aromatic carbocycles. The molecule has 7 heteroatoms. The lowest BCUT2D eigenvalue weighted by Crippen LogP contribution is -2.31. The van der Waals surface area contributed by atoms with Gasteiger partial charge in [0.05, 0.1) is 16.7 Å². The van der Waals surface area contributed by atoms with Crippen LogP contribution in [0.25, 0.3) is 5.52 Å². The molecule has 2 rings (SSSR count). The molecule has 1 amide bonds. The second kappa shape index (κ2) is 3.80. The Morgan fingerprint density at radius 2 is 2.40 bits per heavy atom. The summed E-state index contributed by atoms with van der Waals surface area (Å²) in [6.45, 7) is 0. The number of nitrogens with two attached hydrogens (primary N) is 1. The van der Waals surface area contributed by atoms with Gasteiger partial charge in [-0.3, -0.25) is 14.6 Å². The van der Waals surface area contributed by atoms with E-state index in [4.69, 9.17) is 17.4 Å². The molecule has 2 aromatic rings. The van der Waals surface area contributed by atoms with Gasteiger partial charge in [-0.05, 0) is 22.0 Å². The van der Waals surface area contributed by atoms with Crippen LogP contribution in [0.5, 0.6) is 0 Å². The third-order valence-corrected chi connectivity index (χ3v) is 2.63. The minimum Gasteiger partial charge on any atom is -0.293 e. The summed E-state index contributed by atoms with van der Waals surface area (Å²) in [4.78, 5) is 15.3. The Bertz CT molecular complexity index is 539. The lowest BCUT2D eigenvalue weighted by molar-refractivity contribution is 0.0942. The maximum Gasteiger partial charge on any atom is 0.301 e. The van der Waals surface area contributed by atoms with Gasteiger partial charge >= 0.3 is 5.91 Å². The highest BCUT2D eigenvalue weighted by atomic mass is 79.9. The Morgan fingerprint density at radius 1 is 1.67 bits per heavy atom. The van der Waals surface area contributed by atoms with Gasteiger partial charge in [0, 0.05) is 10.7 Å². The zero-order chi connectivity index (χ0) is 11.0. The van der Waals surface area contributed by atoms with E-state index in [9.17, 15) is 4.79 Å². The van der Waals surface area contributed by atoms with E-state index in [2.05, 4.69) is 20.9 Å². The normalized spacial score (nSPS) is 10.6. The van der Waals surface area contributed by atoms with E-state index in [1.807, 2.05) is 5.43 Å². The number of halogens is 2. The fraction of sp³-hybridized carbons (Fsp3) is 0. The Labute approximate surface area is 98.3 Å². The first-order valence-electron chi connectivity index (χ1n) is 3.96. The number of carbonyl (C=O) groups excluding carboxylic acids is 1. The van der Waals surface area contributed by atoms with Gasteiger partial charge in [-0.1, -0.05) is 11.6 Å². The fourth-order valence-electron chi connectivity index (χ4n) is 1.26. The summed E-state index contributed by atoms with van der Waals surface area (Å²) in [7, 11) is 0. The molecule has 5 nitrogen and oxygen atoms in total. The number of aromatic nitrogens is 2. The van der Waals surface area contributed by atoms with Gasteiger partial charge < -0.3 is 0 Å². The molecule has 2 aromatic heterocycles. The largest absolute Gasteiger partial charge is 0.301 e. The van der Waals surface area contributed by atoms with Gasteiger partial charge in [0.1, 0.15) is 0 Å². The summed E-state index contributed by atoms with van der Waals surface area (Å²) >= 11 is 9.25.